The molecule has 8 nitrogen and oxygen atoms in total. The molecule has 0 N–H and O–H groups in total. The molecule has 32 heavy (non-hydrogen) atoms. The second-order valence-corrected chi connectivity index (χ2v) is 11.4. The number of para-hydroxylation sites is 1. The Hall–Kier alpha value is -2.98. The van der Waals surface area contributed by atoms with E-state index in [2.05, 4.69) is 0 Å². The van der Waals surface area contributed by atoms with Crippen molar-refractivity contribution in [2.45, 2.75) is 24.3 Å². The highest BCUT2D eigenvalue weighted by Gasteiger charge is 2.32. The number of aryl methyl sites for hydroxylation is 1. The van der Waals surface area contributed by atoms with E-state index in [1.54, 1.807) is 42.5 Å². The van der Waals surface area contributed by atoms with Crippen LogP contribution in [0.1, 0.15) is 12.0 Å². The van der Waals surface area contributed by atoms with E-state index in [9.17, 15) is 26.4 Å². The molecule has 0 aliphatic carbocycles. The molecule has 170 valence electrons. The van der Waals surface area contributed by atoms with E-state index in [1.807, 2.05) is 6.92 Å². The number of anilines is 1. The Morgan fingerprint density at radius 2 is 1.72 bits per heavy atom. The smallest absolute Gasteiger partial charge is 0.307 e. The summed E-state index contributed by atoms with van der Waals surface area (Å²) in [6, 6.07) is 14.0. The lowest BCUT2D eigenvalue weighted by Gasteiger charge is -2.27. The summed E-state index contributed by atoms with van der Waals surface area (Å²) in [5.41, 5.74) is 1.37. The van der Waals surface area contributed by atoms with Gasteiger partial charge in [0.2, 0.25) is 0 Å². The molecule has 3 rings (SSSR count). The van der Waals surface area contributed by atoms with Crippen molar-refractivity contribution in [3.63, 3.8) is 0 Å². The van der Waals surface area contributed by atoms with Crippen LogP contribution in [0.5, 0.6) is 0 Å². The molecule has 1 atom stereocenters. The summed E-state index contributed by atoms with van der Waals surface area (Å²) in [5, 5.41) is 1.06. The highest BCUT2D eigenvalue weighted by Crippen LogP contribution is 2.23. The Morgan fingerprint density at radius 1 is 1.06 bits per heavy atom. The first-order valence-electron chi connectivity index (χ1n) is 9.80. The van der Waals surface area contributed by atoms with Crippen LogP contribution in [-0.2, 0) is 34.0 Å². The van der Waals surface area contributed by atoms with Crippen LogP contribution in [0.4, 0.5) is 5.69 Å². The molecular formula is C22H23NO7S2. The van der Waals surface area contributed by atoms with Crippen molar-refractivity contribution in [2.75, 3.05) is 23.0 Å². The van der Waals surface area contributed by atoms with Crippen LogP contribution in [0.25, 0.3) is 0 Å². The van der Waals surface area contributed by atoms with Gasteiger partial charge in [0.15, 0.2) is 26.3 Å². The topological polar surface area (TPSA) is 115 Å². The molecule has 1 aliphatic heterocycles. The SMILES string of the molecule is Cc1ccc(S(=O)(=O)CCC(=O)OCC(=O)N(c2ccccc2)C2C=CS(=O)(=O)C2)cc1. The third kappa shape index (κ3) is 6.04. The Kier molecular flexibility index (Phi) is 7.15. The fourth-order valence-corrected chi connectivity index (χ4v) is 5.68. The molecule has 0 radical (unpaired) electrons. The average molecular weight is 478 g/mol. The molecular weight excluding hydrogens is 454 g/mol. The first-order chi connectivity index (χ1) is 15.1. The van der Waals surface area contributed by atoms with E-state index in [-0.39, 0.29) is 10.6 Å². The van der Waals surface area contributed by atoms with Crippen molar-refractivity contribution in [3.05, 3.63) is 71.6 Å². The van der Waals surface area contributed by atoms with Crippen molar-refractivity contribution in [2.24, 2.45) is 0 Å². The molecule has 0 saturated carbocycles. The highest BCUT2D eigenvalue weighted by molar-refractivity contribution is 7.94. The fraction of sp³-hybridized carbons (Fsp3) is 0.273. The minimum absolute atomic E-state index is 0.108. The van der Waals surface area contributed by atoms with Gasteiger partial charge in [0.1, 0.15) is 0 Å². The normalized spacial score (nSPS) is 17.1. The van der Waals surface area contributed by atoms with E-state index >= 15 is 0 Å². The van der Waals surface area contributed by atoms with E-state index in [0.717, 1.165) is 11.0 Å². The highest BCUT2D eigenvalue weighted by atomic mass is 32.2. The molecule has 1 heterocycles. The van der Waals surface area contributed by atoms with Crippen LogP contribution in [0.2, 0.25) is 0 Å². The Morgan fingerprint density at radius 3 is 2.31 bits per heavy atom. The van der Waals surface area contributed by atoms with Gasteiger partial charge in [-0.25, -0.2) is 16.8 Å². The molecule has 0 aromatic heterocycles. The maximum atomic E-state index is 12.8. The minimum atomic E-state index is -3.67. The second kappa shape index (κ2) is 9.66. The zero-order valence-corrected chi connectivity index (χ0v) is 19.0. The Balaban J connectivity index is 1.61. The molecule has 0 saturated heterocycles. The van der Waals surface area contributed by atoms with Crippen molar-refractivity contribution in [1.29, 1.82) is 0 Å². The molecule has 2 aromatic rings. The summed E-state index contributed by atoms with van der Waals surface area (Å²) >= 11 is 0. The predicted octanol–water partition coefficient (Wildman–Crippen LogP) is 2.05. The standard InChI is InChI=1S/C22H23NO7S2/c1-17-7-9-20(10-8-17)32(28,29)14-12-22(25)30-15-21(24)23(18-5-3-2-4-6-18)19-11-13-31(26,27)16-19/h2-11,13,19H,12,14-16H2,1H3. The number of carbonyl (C=O) groups excluding carboxylic acids is 2. The van der Waals surface area contributed by atoms with Gasteiger partial charge in [-0.05, 0) is 37.3 Å². The van der Waals surface area contributed by atoms with Crippen molar-refractivity contribution in [3.8, 4) is 0 Å². The zero-order valence-electron chi connectivity index (χ0n) is 17.4. The number of esters is 1. The maximum Gasteiger partial charge on any atom is 0.307 e. The van der Waals surface area contributed by atoms with Crippen molar-refractivity contribution >= 4 is 37.2 Å². The molecule has 1 amide bonds. The van der Waals surface area contributed by atoms with Crippen molar-refractivity contribution < 1.29 is 31.2 Å². The Labute approximate surface area is 187 Å². The third-order valence-corrected chi connectivity index (χ3v) is 7.97. The van der Waals surface area contributed by atoms with Crippen LogP contribution in [0, 0.1) is 6.92 Å². The van der Waals surface area contributed by atoms with Gasteiger partial charge in [-0.15, -0.1) is 0 Å². The summed E-state index contributed by atoms with van der Waals surface area (Å²) in [6.45, 7) is 1.20. The van der Waals surface area contributed by atoms with Crippen LogP contribution >= 0.6 is 0 Å². The minimum Gasteiger partial charge on any atom is -0.456 e. The number of benzene rings is 2. The van der Waals surface area contributed by atoms with Gasteiger partial charge in [0.25, 0.3) is 5.91 Å². The summed E-state index contributed by atoms with van der Waals surface area (Å²) in [6.07, 6.45) is 1.00. The zero-order chi connectivity index (χ0) is 23.4. The Bertz CT molecular complexity index is 1220. The molecule has 0 spiro atoms. The van der Waals surface area contributed by atoms with E-state index in [4.69, 9.17) is 4.74 Å². The lowest BCUT2D eigenvalue weighted by atomic mass is 10.2. The number of rotatable bonds is 8. The van der Waals surface area contributed by atoms with Gasteiger partial charge < -0.3 is 9.64 Å². The summed E-state index contributed by atoms with van der Waals surface area (Å²) in [7, 11) is -7.08. The number of nitrogens with zero attached hydrogens (tertiary/aromatic N) is 1. The van der Waals surface area contributed by atoms with Gasteiger partial charge in [-0.2, -0.15) is 0 Å². The lowest BCUT2D eigenvalue weighted by molar-refractivity contribution is -0.147. The van der Waals surface area contributed by atoms with Crippen LogP contribution in [0.3, 0.4) is 0 Å². The summed E-state index contributed by atoms with van der Waals surface area (Å²) < 4.78 is 53.4. The van der Waals surface area contributed by atoms with Gasteiger partial charge in [0, 0.05) is 11.1 Å². The lowest BCUT2D eigenvalue weighted by Crippen LogP contribution is -2.43. The quantitative estimate of drug-likeness (QED) is 0.535. The first kappa shape index (κ1) is 23.7. The third-order valence-electron chi connectivity index (χ3n) is 4.86. The van der Waals surface area contributed by atoms with Gasteiger partial charge in [-0.1, -0.05) is 35.9 Å². The molecule has 1 unspecified atom stereocenters. The number of hydrogen-bond acceptors (Lipinski definition) is 7. The molecule has 0 bridgehead atoms. The number of ether oxygens (including phenoxy) is 1. The van der Waals surface area contributed by atoms with Crippen LogP contribution in [0.15, 0.2) is 71.0 Å². The number of sulfone groups is 2. The summed E-state index contributed by atoms with van der Waals surface area (Å²) in [4.78, 5) is 26.3. The molecule has 2 aromatic carbocycles. The van der Waals surface area contributed by atoms with Crippen LogP contribution < -0.4 is 4.90 Å². The first-order valence-corrected chi connectivity index (χ1v) is 13.2. The van der Waals surface area contributed by atoms with Crippen LogP contribution in [-0.4, -0.2) is 52.9 Å². The van der Waals surface area contributed by atoms with E-state index in [0.29, 0.717) is 5.69 Å². The average Bonchev–Trinajstić information content (AvgIpc) is 3.11. The number of carbonyl (C=O) groups is 2. The van der Waals surface area contributed by atoms with Gasteiger partial charge in [-0.3, -0.25) is 9.59 Å². The van der Waals surface area contributed by atoms with E-state index in [1.165, 1.54) is 23.1 Å². The largest absolute Gasteiger partial charge is 0.456 e. The van der Waals surface area contributed by atoms with Crippen molar-refractivity contribution in [1.82, 2.24) is 0 Å². The second-order valence-electron chi connectivity index (χ2n) is 7.37. The molecule has 0 fully saturated rings. The number of amides is 1. The van der Waals surface area contributed by atoms with E-state index < -0.39 is 56.4 Å². The summed E-state index contributed by atoms with van der Waals surface area (Å²) in [5.74, 6) is -2.17. The predicted molar refractivity (Wildman–Crippen MR) is 119 cm³/mol. The maximum absolute atomic E-state index is 12.8. The van der Waals surface area contributed by atoms with Gasteiger partial charge in [0.05, 0.1) is 28.9 Å². The fourth-order valence-electron chi connectivity index (χ4n) is 3.19. The van der Waals surface area contributed by atoms with Gasteiger partial charge >= 0.3 is 5.97 Å². The molecule has 10 heteroatoms. The monoisotopic (exact) mass is 477 g/mol. The molecule has 1 aliphatic rings. The number of hydrogen-bond donors (Lipinski definition) is 0.